The van der Waals surface area contributed by atoms with Gasteiger partial charge in [0.25, 0.3) is 0 Å². The van der Waals surface area contributed by atoms with Crippen molar-refractivity contribution in [2.75, 3.05) is 5.75 Å². The largest absolute Gasteiger partial charge is 0.224 e. The molecule has 0 saturated heterocycles. The Labute approximate surface area is 90.0 Å². The number of benzene rings is 1. The molecule has 0 saturated carbocycles. The van der Waals surface area contributed by atoms with E-state index in [0.717, 1.165) is 0 Å². The Bertz CT molecular complexity index is 424. The van der Waals surface area contributed by atoms with Crippen molar-refractivity contribution in [2.45, 2.75) is 25.2 Å². The Kier molecular flexibility index (Phi) is 3.85. The van der Waals surface area contributed by atoms with Crippen LogP contribution in [0.5, 0.6) is 0 Å². The molecule has 0 aliphatic rings. The van der Waals surface area contributed by atoms with Crippen molar-refractivity contribution >= 4 is 9.84 Å². The summed E-state index contributed by atoms with van der Waals surface area (Å²) < 4.78 is 36.7. The molecule has 0 bridgehead atoms. The summed E-state index contributed by atoms with van der Waals surface area (Å²) in [6, 6.07) is 5.50. The highest BCUT2D eigenvalue weighted by Gasteiger charge is 2.18. The lowest BCUT2D eigenvalue weighted by Crippen LogP contribution is -2.10. The highest BCUT2D eigenvalue weighted by atomic mass is 32.2. The van der Waals surface area contributed by atoms with Gasteiger partial charge in [0.05, 0.1) is 5.75 Å². The third kappa shape index (κ3) is 3.30. The maximum Gasteiger partial charge on any atom is 0.181 e. The summed E-state index contributed by atoms with van der Waals surface area (Å²) in [4.78, 5) is -0.189. The molecule has 0 spiro atoms. The fraction of sp³-hybridized carbons (Fsp3) is 0.455. The van der Waals surface area contributed by atoms with Gasteiger partial charge in [0.2, 0.25) is 0 Å². The van der Waals surface area contributed by atoms with Crippen LogP contribution in [-0.2, 0) is 9.84 Å². The molecular formula is C11H15FO2S. The van der Waals surface area contributed by atoms with Crippen LogP contribution in [0.1, 0.15) is 20.3 Å². The fourth-order valence-corrected chi connectivity index (χ4v) is 2.85. The van der Waals surface area contributed by atoms with Crippen LogP contribution in [-0.4, -0.2) is 14.2 Å². The average Bonchev–Trinajstić information content (AvgIpc) is 2.15. The minimum Gasteiger partial charge on any atom is -0.224 e. The summed E-state index contributed by atoms with van der Waals surface area (Å²) in [5.74, 6) is -0.362. The highest BCUT2D eigenvalue weighted by Crippen LogP contribution is 2.17. The van der Waals surface area contributed by atoms with Gasteiger partial charge in [0.1, 0.15) is 10.7 Å². The molecule has 84 valence electrons. The Morgan fingerprint density at radius 3 is 2.40 bits per heavy atom. The maximum absolute atomic E-state index is 13.2. The number of halogens is 1. The minimum atomic E-state index is -3.46. The molecule has 4 heteroatoms. The van der Waals surface area contributed by atoms with E-state index in [1.54, 1.807) is 0 Å². The second-order valence-electron chi connectivity index (χ2n) is 3.93. The summed E-state index contributed by atoms with van der Waals surface area (Å²) >= 11 is 0. The van der Waals surface area contributed by atoms with Crippen molar-refractivity contribution in [1.29, 1.82) is 0 Å². The summed E-state index contributed by atoms with van der Waals surface area (Å²) in [6.45, 7) is 3.88. The quantitative estimate of drug-likeness (QED) is 0.796. The smallest absolute Gasteiger partial charge is 0.181 e. The van der Waals surface area contributed by atoms with Gasteiger partial charge >= 0.3 is 0 Å². The van der Waals surface area contributed by atoms with Crippen LogP contribution in [0.2, 0.25) is 0 Å². The van der Waals surface area contributed by atoms with E-state index >= 15 is 0 Å². The molecule has 0 atom stereocenters. The number of hydrogen-bond donors (Lipinski definition) is 0. The van der Waals surface area contributed by atoms with Gasteiger partial charge in [0.15, 0.2) is 9.84 Å². The third-order valence-corrected chi connectivity index (χ3v) is 3.91. The van der Waals surface area contributed by atoms with E-state index in [9.17, 15) is 12.8 Å². The van der Waals surface area contributed by atoms with Crippen LogP contribution >= 0.6 is 0 Å². The van der Waals surface area contributed by atoms with Crippen molar-refractivity contribution in [2.24, 2.45) is 5.92 Å². The van der Waals surface area contributed by atoms with Crippen molar-refractivity contribution in [3.05, 3.63) is 30.1 Å². The highest BCUT2D eigenvalue weighted by molar-refractivity contribution is 7.91. The third-order valence-electron chi connectivity index (χ3n) is 2.14. The van der Waals surface area contributed by atoms with Gasteiger partial charge in [-0.1, -0.05) is 26.0 Å². The fourth-order valence-electron chi connectivity index (χ4n) is 1.20. The number of hydrogen-bond acceptors (Lipinski definition) is 2. The maximum atomic E-state index is 13.2. The molecule has 0 unspecified atom stereocenters. The number of sulfone groups is 1. The van der Waals surface area contributed by atoms with Crippen molar-refractivity contribution in [3.63, 3.8) is 0 Å². The first-order valence-corrected chi connectivity index (χ1v) is 6.56. The van der Waals surface area contributed by atoms with E-state index in [2.05, 4.69) is 0 Å². The van der Waals surface area contributed by atoms with Gasteiger partial charge in [-0.25, -0.2) is 12.8 Å². The van der Waals surface area contributed by atoms with Crippen LogP contribution in [0, 0.1) is 11.7 Å². The zero-order chi connectivity index (χ0) is 11.5. The van der Waals surface area contributed by atoms with Crippen LogP contribution in [0.3, 0.4) is 0 Å². The van der Waals surface area contributed by atoms with Gasteiger partial charge in [0, 0.05) is 0 Å². The second kappa shape index (κ2) is 4.75. The lowest BCUT2D eigenvalue weighted by Gasteiger charge is -2.07. The summed E-state index contributed by atoms with van der Waals surface area (Å²) in [6.07, 6.45) is 0.552. The van der Waals surface area contributed by atoms with Gasteiger partial charge in [-0.05, 0) is 24.5 Å². The Hall–Kier alpha value is -0.900. The SMILES string of the molecule is CC(C)CCS(=O)(=O)c1ccccc1F. The van der Waals surface area contributed by atoms with E-state index in [1.165, 1.54) is 24.3 Å². The zero-order valence-corrected chi connectivity index (χ0v) is 9.72. The minimum absolute atomic E-state index is 0.00556. The second-order valence-corrected chi connectivity index (χ2v) is 6.01. The molecule has 0 radical (unpaired) electrons. The molecule has 1 aromatic carbocycles. The Balaban J connectivity index is 2.92. The lowest BCUT2D eigenvalue weighted by molar-refractivity contribution is 0.555. The first kappa shape index (κ1) is 12.2. The molecule has 0 amide bonds. The van der Waals surface area contributed by atoms with E-state index < -0.39 is 15.7 Å². The standard InChI is InChI=1S/C11H15FO2S/c1-9(2)7-8-15(13,14)11-6-4-3-5-10(11)12/h3-6,9H,7-8H2,1-2H3. The van der Waals surface area contributed by atoms with Crippen molar-refractivity contribution < 1.29 is 12.8 Å². The van der Waals surface area contributed by atoms with E-state index in [1.807, 2.05) is 13.8 Å². The molecule has 1 rings (SSSR count). The van der Waals surface area contributed by atoms with Crippen LogP contribution in [0.25, 0.3) is 0 Å². The van der Waals surface area contributed by atoms with Crippen LogP contribution in [0.4, 0.5) is 4.39 Å². The molecule has 0 N–H and O–H groups in total. The summed E-state index contributed by atoms with van der Waals surface area (Å²) in [7, 11) is -3.46. The van der Waals surface area contributed by atoms with Crippen molar-refractivity contribution in [1.82, 2.24) is 0 Å². The predicted molar refractivity (Wildman–Crippen MR) is 57.9 cm³/mol. The normalized spacial score (nSPS) is 12.0. The zero-order valence-electron chi connectivity index (χ0n) is 8.90. The Morgan fingerprint density at radius 1 is 1.27 bits per heavy atom. The topological polar surface area (TPSA) is 34.1 Å². The van der Waals surface area contributed by atoms with Gasteiger partial charge in [-0.15, -0.1) is 0 Å². The van der Waals surface area contributed by atoms with Crippen LogP contribution in [0.15, 0.2) is 29.2 Å². The molecule has 0 aliphatic heterocycles. The molecule has 0 aromatic heterocycles. The average molecular weight is 230 g/mol. The van der Waals surface area contributed by atoms with E-state index in [-0.39, 0.29) is 10.6 Å². The molecule has 15 heavy (non-hydrogen) atoms. The predicted octanol–water partition coefficient (Wildman–Crippen LogP) is 2.65. The summed E-state index contributed by atoms with van der Waals surface area (Å²) in [5, 5.41) is 0. The molecule has 0 heterocycles. The first-order chi connectivity index (χ1) is 6.93. The molecule has 1 aromatic rings. The van der Waals surface area contributed by atoms with Crippen LogP contribution < -0.4 is 0 Å². The molecule has 0 fully saturated rings. The number of rotatable bonds is 4. The lowest BCUT2D eigenvalue weighted by atomic mass is 10.2. The van der Waals surface area contributed by atoms with Gasteiger partial charge in [-0.3, -0.25) is 0 Å². The van der Waals surface area contributed by atoms with E-state index in [4.69, 9.17) is 0 Å². The van der Waals surface area contributed by atoms with Crippen molar-refractivity contribution in [3.8, 4) is 0 Å². The first-order valence-electron chi connectivity index (χ1n) is 4.91. The molecule has 0 aliphatic carbocycles. The van der Waals surface area contributed by atoms with Gasteiger partial charge in [-0.2, -0.15) is 0 Å². The monoisotopic (exact) mass is 230 g/mol. The van der Waals surface area contributed by atoms with E-state index in [0.29, 0.717) is 12.3 Å². The van der Waals surface area contributed by atoms with Gasteiger partial charge < -0.3 is 0 Å². The molecular weight excluding hydrogens is 215 g/mol. The summed E-state index contributed by atoms with van der Waals surface area (Å²) in [5.41, 5.74) is 0. The molecule has 2 nitrogen and oxygen atoms in total. The Morgan fingerprint density at radius 2 is 1.87 bits per heavy atom.